The maximum atomic E-state index is 9.23. The zero-order chi connectivity index (χ0) is 14.1. The molecule has 0 heterocycles. The molecule has 0 radical (unpaired) electrons. The second-order valence-corrected chi connectivity index (χ2v) is 5.91. The molecule has 1 rings (SSSR count). The molecule has 0 fully saturated rings. The lowest BCUT2D eigenvalue weighted by Crippen LogP contribution is -2.15. The Morgan fingerprint density at radius 2 is 2.16 bits per heavy atom. The summed E-state index contributed by atoms with van der Waals surface area (Å²) in [5.74, 6) is 1.01. The van der Waals surface area contributed by atoms with Gasteiger partial charge in [0.15, 0.2) is 0 Å². The van der Waals surface area contributed by atoms with E-state index in [1.54, 1.807) is 11.8 Å². The summed E-state index contributed by atoms with van der Waals surface area (Å²) in [4.78, 5) is 3.24. The SMILES string of the molecule is CCCNCc1ccc(SCCN(C)C)c(C#N)c1. The monoisotopic (exact) mass is 277 g/mol. The minimum Gasteiger partial charge on any atom is -0.313 e. The minimum absolute atomic E-state index is 0.791. The molecule has 0 unspecified atom stereocenters. The number of nitriles is 1. The van der Waals surface area contributed by atoms with Gasteiger partial charge >= 0.3 is 0 Å². The fourth-order valence-corrected chi connectivity index (χ4v) is 2.75. The molecule has 3 nitrogen and oxygen atoms in total. The molecule has 19 heavy (non-hydrogen) atoms. The Labute approximate surface area is 121 Å². The van der Waals surface area contributed by atoms with Crippen molar-refractivity contribution in [1.29, 1.82) is 5.26 Å². The Kier molecular flexibility index (Phi) is 7.57. The molecule has 0 spiro atoms. The number of rotatable bonds is 8. The summed E-state index contributed by atoms with van der Waals surface area (Å²) in [5, 5.41) is 12.6. The van der Waals surface area contributed by atoms with Crippen LogP contribution in [0.1, 0.15) is 24.5 Å². The molecule has 0 saturated heterocycles. The van der Waals surface area contributed by atoms with E-state index in [9.17, 15) is 5.26 Å². The van der Waals surface area contributed by atoms with Crippen molar-refractivity contribution in [2.45, 2.75) is 24.8 Å². The molecule has 4 heteroatoms. The molecule has 0 aromatic heterocycles. The zero-order valence-electron chi connectivity index (χ0n) is 12.1. The van der Waals surface area contributed by atoms with E-state index in [0.29, 0.717) is 0 Å². The van der Waals surface area contributed by atoms with Crippen LogP contribution in [-0.2, 0) is 6.54 Å². The summed E-state index contributed by atoms with van der Waals surface area (Å²) < 4.78 is 0. The predicted octanol–water partition coefficient (Wildman–Crippen LogP) is 2.71. The number of thioether (sulfide) groups is 1. The summed E-state index contributed by atoms with van der Waals surface area (Å²) in [6, 6.07) is 8.49. The highest BCUT2D eigenvalue weighted by molar-refractivity contribution is 7.99. The van der Waals surface area contributed by atoms with Gasteiger partial charge in [0.25, 0.3) is 0 Å². The molecule has 0 aliphatic rings. The van der Waals surface area contributed by atoms with Gasteiger partial charge in [-0.25, -0.2) is 0 Å². The van der Waals surface area contributed by atoms with Gasteiger partial charge in [0.2, 0.25) is 0 Å². The highest BCUT2D eigenvalue weighted by atomic mass is 32.2. The van der Waals surface area contributed by atoms with Crippen LogP contribution in [0, 0.1) is 11.3 Å². The van der Waals surface area contributed by atoms with Crippen molar-refractivity contribution in [2.24, 2.45) is 0 Å². The Balaban J connectivity index is 2.60. The van der Waals surface area contributed by atoms with Gasteiger partial charge < -0.3 is 10.2 Å². The quantitative estimate of drug-likeness (QED) is 0.586. The third-order valence-electron chi connectivity index (χ3n) is 2.72. The van der Waals surface area contributed by atoms with Crippen molar-refractivity contribution >= 4 is 11.8 Å². The van der Waals surface area contributed by atoms with E-state index in [0.717, 1.165) is 42.3 Å². The standard InChI is InChI=1S/C15H23N3S/c1-4-7-17-12-13-5-6-15(14(10-13)11-16)19-9-8-18(2)3/h5-6,10,17H,4,7-9,12H2,1-3H3. The van der Waals surface area contributed by atoms with Crippen LogP contribution in [0.25, 0.3) is 0 Å². The Hall–Kier alpha value is -1.02. The molecule has 0 aliphatic heterocycles. The van der Waals surface area contributed by atoms with Crippen LogP contribution in [0.15, 0.2) is 23.1 Å². The Morgan fingerprint density at radius 3 is 2.79 bits per heavy atom. The first-order chi connectivity index (χ1) is 9.17. The van der Waals surface area contributed by atoms with Gasteiger partial charge in [-0.15, -0.1) is 11.8 Å². The normalized spacial score (nSPS) is 10.7. The molecule has 0 aliphatic carbocycles. The molecule has 0 amide bonds. The molecule has 0 bridgehead atoms. The molecule has 104 valence electrons. The topological polar surface area (TPSA) is 39.1 Å². The van der Waals surface area contributed by atoms with Gasteiger partial charge in [0.05, 0.1) is 5.56 Å². The van der Waals surface area contributed by atoms with Crippen molar-refractivity contribution < 1.29 is 0 Å². The molecule has 1 aromatic rings. The van der Waals surface area contributed by atoms with Crippen LogP contribution in [0.5, 0.6) is 0 Å². The van der Waals surface area contributed by atoms with E-state index in [1.807, 2.05) is 6.07 Å². The lowest BCUT2D eigenvalue weighted by atomic mass is 10.1. The summed E-state index contributed by atoms with van der Waals surface area (Å²) in [7, 11) is 4.13. The predicted molar refractivity (Wildman–Crippen MR) is 82.4 cm³/mol. The molecule has 0 saturated carbocycles. The minimum atomic E-state index is 0.791. The number of hydrogen-bond acceptors (Lipinski definition) is 4. The number of nitrogens with zero attached hydrogens (tertiary/aromatic N) is 2. The highest BCUT2D eigenvalue weighted by Gasteiger charge is 2.04. The van der Waals surface area contributed by atoms with Gasteiger partial charge in [-0.3, -0.25) is 0 Å². The van der Waals surface area contributed by atoms with Gasteiger partial charge in [0.1, 0.15) is 6.07 Å². The van der Waals surface area contributed by atoms with Gasteiger partial charge in [-0.05, 0) is 44.8 Å². The van der Waals surface area contributed by atoms with Crippen molar-refractivity contribution in [3.05, 3.63) is 29.3 Å². The van der Waals surface area contributed by atoms with Crippen molar-refractivity contribution in [2.75, 3.05) is 32.9 Å². The average Bonchev–Trinajstić information content (AvgIpc) is 2.40. The summed E-state index contributed by atoms with van der Waals surface area (Å²) in [6.45, 7) is 5.03. The summed E-state index contributed by atoms with van der Waals surface area (Å²) in [6.07, 6.45) is 1.13. The number of hydrogen-bond donors (Lipinski definition) is 1. The second-order valence-electron chi connectivity index (χ2n) is 4.77. The number of nitrogens with one attached hydrogen (secondary N) is 1. The van der Waals surface area contributed by atoms with Crippen molar-refractivity contribution in [1.82, 2.24) is 10.2 Å². The first-order valence-corrected chi connectivity index (χ1v) is 7.67. The first kappa shape index (κ1) is 16.0. The first-order valence-electron chi connectivity index (χ1n) is 6.68. The lowest BCUT2D eigenvalue weighted by molar-refractivity contribution is 0.437. The van der Waals surface area contributed by atoms with E-state index in [1.165, 1.54) is 5.56 Å². The van der Waals surface area contributed by atoms with Gasteiger partial charge in [0, 0.05) is 23.7 Å². The largest absolute Gasteiger partial charge is 0.313 e. The fraction of sp³-hybridized carbons (Fsp3) is 0.533. The van der Waals surface area contributed by atoms with Gasteiger partial charge in [-0.1, -0.05) is 13.0 Å². The molecule has 1 aromatic carbocycles. The second kappa shape index (κ2) is 8.98. The van der Waals surface area contributed by atoms with Crippen LogP contribution in [0.3, 0.4) is 0 Å². The fourth-order valence-electron chi connectivity index (χ4n) is 1.65. The Morgan fingerprint density at radius 1 is 1.37 bits per heavy atom. The van der Waals surface area contributed by atoms with Crippen molar-refractivity contribution in [3.8, 4) is 6.07 Å². The average molecular weight is 277 g/mol. The third-order valence-corrected chi connectivity index (χ3v) is 3.77. The maximum Gasteiger partial charge on any atom is 0.100 e. The van der Waals surface area contributed by atoms with Crippen LogP contribution >= 0.6 is 11.8 Å². The highest BCUT2D eigenvalue weighted by Crippen LogP contribution is 2.23. The number of benzene rings is 1. The van der Waals surface area contributed by atoms with E-state index in [2.05, 4.69) is 49.4 Å². The molecular weight excluding hydrogens is 254 g/mol. The van der Waals surface area contributed by atoms with Gasteiger partial charge in [-0.2, -0.15) is 5.26 Å². The molecule has 0 atom stereocenters. The molecule has 1 N–H and O–H groups in total. The smallest absolute Gasteiger partial charge is 0.100 e. The van der Waals surface area contributed by atoms with Crippen LogP contribution < -0.4 is 5.32 Å². The lowest BCUT2D eigenvalue weighted by Gasteiger charge is -2.10. The van der Waals surface area contributed by atoms with E-state index >= 15 is 0 Å². The third kappa shape index (κ3) is 6.11. The van der Waals surface area contributed by atoms with E-state index in [4.69, 9.17) is 0 Å². The van der Waals surface area contributed by atoms with Crippen LogP contribution in [-0.4, -0.2) is 37.8 Å². The summed E-state index contributed by atoms with van der Waals surface area (Å²) >= 11 is 1.75. The Bertz CT molecular complexity index is 424. The maximum absolute atomic E-state index is 9.23. The summed E-state index contributed by atoms with van der Waals surface area (Å²) in [5.41, 5.74) is 1.97. The van der Waals surface area contributed by atoms with E-state index < -0.39 is 0 Å². The van der Waals surface area contributed by atoms with Crippen LogP contribution in [0.4, 0.5) is 0 Å². The van der Waals surface area contributed by atoms with Crippen molar-refractivity contribution in [3.63, 3.8) is 0 Å². The van der Waals surface area contributed by atoms with E-state index in [-0.39, 0.29) is 0 Å². The zero-order valence-corrected chi connectivity index (χ0v) is 12.9. The van der Waals surface area contributed by atoms with Crippen LogP contribution in [0.2, 0.25) is 0 Å². The molecular formula is C15H23N3S.